The molecule has 0 unspecified atom stereocenters. The van der Waals surface area contributed by atoms with Crippen molar-refractivity contribution in [3.05, 3.63) is 27.5 Å². The van der Waals surface area contributed by atoms with E-state index in [0.29, 0.717) is 18.7 Å². The van der Waals surface area contributed by atoms with Gasteiger partial charge in [0.15, 0.2) is 0 Å². The Morgan fingerprint density at radius 1 is 1.56 bits per heavy atom. The molecule has 16 heavy (non-hydrogen) atoms. The fourth-order valence-corrected chi connectivity index (χ4v) is 2.27. The summed E-state index contributed by atoms with van der Waals surface area (Å²) < 4.78 is 0. The SMILES string of the molecule is Cc1nc2c(c(C(=O)O)c1Cl)CCN(C)C2. The molecule has 0 amide bonds. The van der Waals surface area contributed by atoms with E-state index in [1.807, 2.05) is 7.05 Å². The maximum absolute atomic E-state index is 11.2. The Morgan fingerprint density at radius 3 is 2.88 bits per heavy atom. The lowest BCUT2D eigenvalue weighted by atomic mass is 9.98. The Labute approximate surface area is 98.9 Å². The molecule has 5 heteroatoms. The Hall–Kier alpha value is -1.13. The van der Waals surface area contributed by atoms with Crippen molar-refractivity contribution in [2.45, 2.75) is 19.9 Å². The van der Waals surface area contributed by atoms with Crippen LogP contribution in [0.5, 0.6) is 0 Å². The van der Waals surface area contributed by atoms with Gasteiger partial charge in [-0.1, -0.05) is 11.6 Å². The molecule has 1 aromatic rings. The molecule has 1 aliphatic heterocycles. The summed E-state index contributed by atoms with van der Waals surface area (Å²) in [5.74, 6) is -0.962. The van der Waals surface area contributed by atoms with Gasteiger partial charge in [0, 0.05) is 13.1 Å². The van der Waals surface area contributed by atoms with E-state index in [1.54, 1.807) is 6.92 Å². The number of carboxylic acids is 1. The molecule has 1 N–H and O–H groups in total. The maximum Gasteiger partial charge on any atom is 0.337 e. The highest BCUT2D eigenvalue weighted by atomic mass is 35.5. The van der Waals surface area contributed by atoms with Gasteiger partial charge in [-0.25, -0.2) is 4.79 Å². The normalized spacial score (nSPS) is 15.9. The quantitative estimate of drug-likeness (QED) is 0.812. The van der Waals surface area contributed by atoms with E-state index in [0.717, 1.165) is 17.8 Å². The van der Waals surface area contributed by atoms with Crippen LogP contribution >= 0.6 is 11.6 Å². The van der Waals surface area contributed by atoms with Crippen molar-refractivity contribution in [3.63, 3.8) is 0 Å². The predicted molar refractivity (Wildman–Crippen MR) is 61.0 cm³/mol. The van der Waals surface area contributed by atoms with Gasteiger partial charge >= 0.3 is 5.97 Å². The van der Waals surface area contributed by atoms with Gasteiger partial charge in [0.25, 0.3) is 0 Å². The fourth-order valence-electron chi connectivity index (χ4n) is 2.04. The van der Waals surface area contributed by atoms with Gasteiger partial charge < -0.3 is 10.0 Å². The van der Waals surface area contributed by atoms with Gasteiger partial charge in [-0.3, -0.25) is 4.98 Å². The number of nitrogens with zero attached hydrogens (tertiary/aromatic N) is 2. The van der Waals surface area contributed by atoms with Crippen LogP contribution in [0, 0.1) is 6.92 Å². The summed E-state index contributed by atoms with van der Waals surface area (Å²) >= 11 is 6.00. The Morgan fingerprint density at radius 2 is 2.25 bits per heavy atom. The molecule has 1 aromatic heterocycles. The van der Waals surface area contributed by atoms with Gasteiger partial charge in [-0.15, -0.1) is 0 Å². The first-order chi connectivity index (χ1) is 7.50. The standard InChI is InChI=1S/C11H13ClN2O2/c1-6-10(12)9(11(15)16)7-3-4-14(2)5-8(7)13-6/h3-5H2,1-2H3,(H,15,16). The topological polar surface area (TPSA) is 53.4 Å². The minimum absolute atomic E-state index is 0.234. The molecular formula is C11H13ClN2O2. The fraction of sp³-hybridized carbons (Fsp3) is 0.455. The largest absolute Gasteiger partial charge is 0.478 e. The first kappa shape index (κ1) is 11.4. The van der Waals surface area contributed by atoms with Crippen molar-refractivity contribution in [1.29, 1.82) is 0 Å². The van der Waals surface area contributed by atoms with Gasteiger partial charge in [0.2, 0.25) is 0 Å². The van der Waals surface area contributed by atoms with E-state index in [9.17, 15) is 9.90 Å². The van der Waals surface area contributed by atoms with Crippen LogP contribution in [0.3, 0.4) is 0 Å². The first-order valence-corrected chi connectivity index (χ1v) is 5.48. The van der Waals surface area contributed by atoms with Crippen molar-refractivity contribution in [1.82, 2.24) is 9.88 Å². The van der Waals surface area contributed by atoms with E-state index in [-0.39, 0.29) is 10.6 Å². The number of hydrogen-bond donors (Lipinski definition) is 1. The van der Waals surface area contributed by atoms with Crippen LogP contribution in [-0.2, 0) is 13.0 Å². The van der Waals surface area contributed by atoms with Gasteiger partial charge in [0.1, 0.15) is 0 Å². The lowest BCUT2D eigenvalue weighted by Gasteiger charge is -2.26. The van der Waals surface area contributed by atoms with Crippen LogP contribution in [0.2, 0.25) is 5.02 Å². The number of fused-ring (bicyclic) bond motifs is 1. The Balaban J connectivity index is 2.63. The van der Waals surface area contributed by atoms with Crippen LogP contribution in [0.25, 0.3) is 0 Å². The van der Waals surface area contributed by atoms with E-state index < -0.39 is 5.97 Å². The Kier molecular flexibility index (Phi) is 2.86. The first-order valence-electron chi connectivity index (χ1n) is 5.10. The van der Waals surface area contributed by atoms with Crippen LogP contribution in [0.4, 0.5) is 0 Å². The molecule has 0 aliphatic carbocycles. The monoisotopic (exact) mass is 240 g/mol. The molecule has 0 spiro atoms. The number of carboxylic acid groups (broad SMARTS) is 1. The lowest BCUT2D eigenvalue weighted by molar-refractivity contribution is 0.0694. The number of pyridine rings is 1. The number of aromatic carboxylic acids is 1. The zero-order valence-electron chi connectivity index (χ0n) is 9.25. The van der Waals surface area contributed by atoms with Crippen molar-refractivity contribution < 1.29 is 9.90 Å². The predicted octanol–water partition coefficient (Wildman–Crippen LogP) is 1.73. The third kappa shape index (κ3) is 1.79. The highest BCUT2D eigenvalue weighted by Crippen LogP contribution is 2.28. The van der Waals surface area contributed by atoms with Crippen molar-refractivity contribution in [3.8, 4) is 0 Å². The number of aryl methyl sites for hydroxylation is 1. The number of rotatable bonds is 1. The molecule has 86 valence electrons. The smallest absolute Gasteiger partial charge is 0.337 e. The molecule has 4 nitrogen and oxygen atoms in total. The third-order valence-electron chi connectivity index (χ3n) is 2.87. The molecule has 0 fully saturated rings. The zero-order valence-corrected chi connectivity index (χ0v) is 10.0. The summed E-state index contributed by atoms with van der Waals surface area (Å²) in [4.78, 5) is 17.7. The van der Waals surface area contributed by atoms with E-state index >= 15 is 0 Å². The van der Waals surface area contributed by atoms with Gasteiger partial charge in [-0.05, 0) is 26.0 Å². The van der Waals surface area contributed by atoms with Gasteiger partial charge in [0.05, 0.1) is 22.0 Å². The highest BCUT2D eigenvalue weighted by molar-refractivity contribution is 6.34. The van der Waals surface area contributed by atoms with E-state index in [4.69, 9.17) is 11.6 Å². The van der Waals surface area contributed by atoms with Crippen LogP contribution in [-0.4, -0.2) is 34.6 Å². The molecule has 1 aliphatic rings. The van der Waals surface area contributed by atoms with E-state index in [2.05, 4.69) is 9.88 Å². The zero-order chi connectivity index (χ0) is 11.9. The number of likely N-dealkylation sites (N-methyl/N-ethyl adjacent to an activating group) is 1. The Bertz CT molecular complexity index is 460. The van der Waals surface area contributed by atoms with E-state index in [1.165, 1.54) is 0 Å². The molecule has 0 atom stereocenters. The molecule has 2 rings (SSSR count). The molecule has 0 saturated carbocycles. The second kappa shape index (κ2) is 4.03. The highest BCUT2D eigenvalue weighted by Gasteiger charge is 2.24. The molecule has 2 heterocycles. The minimum Gasteiger partial charge on any atom is -0.478 e. The average Bonchev–Trinajstić information content (AvgIpc) is 2.19. The van der Waals surface area contributed by atoms with Crippen LogP contribution in [0.1, 0.15) is 27.3 Å². The lowest BCUT2D eigenvalue weighted by Crippen LogP contribution is -2.29. The van der Waals surface area contributed by atoms with Gasteiger partial charge in [-0.2, -0.15) is 0 Å². The second-order valence-corrected chi connectivity index (χ2v) is 4.48. The number of hydrogen-bond acceptors (Lipinski definition) is 3. The van der Waals surface area contributed by atoms with Crippen LogP contribution < -0.4 is 0 Å². The third-order valence-corrected chi connectivity index (χ3v) is 3.33. The summed E-state index contributed by atoms with van der Waals surface area (Å²) in [6.45, 7) is 3.27. The van der Waals surface area contributed by atoms with Crippen molar-refractivity contribution >= 4 is 17.6 Å². The number of aromatic nitrogens is 1. The summed E-state index contributed by atoms with van der Waals surface area (Å²) in [6.07, 6.45) is 0.695. The molecular weight excluding hydrogens is 228 g/mol. The minimum atomic E-state index is -0.962. The molecule has 0 radical (unpaired) electrons. The van der Waals surface area contributed by atoms with Crippen molar-refractivity contribution in [2.75, 3.05) is 13.6 Å². The van der Waals surface area contributed by atoms with Crippen molar-refractivity contribution in [2.24, 2.45) is 0 Å². The van der Waals surface area contributed by atoms with Crippen LogP contribution in [0.15, 0.2) is 0 Å². The number of carbonyl (C=O) groups is 1. The molecule has 0 aromatic carbocycles. The maximum atomic E-state index is 11.2. The summed E-state index contributed by atoms with van der Waals surface area (Å²) in [6, 6.07) is 0. The summed E-state index contributed by atoms with van der Waals surface area (Å²) in [5.41, 5.74) is 2.46. The summed E-state index contributed by atoms with van der Waals surface area (Å²) in [5, 5.41) is 9.46. The second-order valence-electron chi connectivity index (χ2n) is 4.10. The molecule has 0 bridgehead atoms. The number of halogens is 1. The summed E-state index contributed by atoms with van der Waals surface area (Å²) in [7, 11) is 2.00. The molecule has 0 saturated heterocycles. The average molecular weight is 241 g/mol.